The fourth-order valence-electron chi connectivity index (χ4n) is 2.35. The number of rotatable bonds is 8. The highest BCUT2D eigenvalue weighted by atomic mass is 16.4. The second-order valence-electron chi connectivity index (χ2n) is 5.14. The van der Waals surface area contributed by atoms with Crippen LogP contribution >= 0.6 is 0 Å². The molecule has 1 aliphatic heterocycles. The van der Waals surface area contributed by atoms with Crippen LogP contribution in [0.2, 0.25) is 0 Å². The summed E-state index contributed by atoms with van der Waals surface area (Å²) in [5.41, 5.74) is 0. The van der Waals surface area contributed by atoms with Gasteiger partial charge in [0.15, 0.2) is 0 Å². The summed E-state index contributed by atoms with van der Waals surface area (Å²) >= 11 is 0. The van der Waals surface area contributed by atoms with Gasteiger partial charge in [-0.25, -0.2) is 4.79 Å². The Balaban J connectivity index is 2.78. The molecule has 128 valence electrons. The minimum atomic E-state index is -1.42. The third-order valence-corrected chi connectivity index (χ3v) is 3.40. The number of carbonyl (C=O) groups is 5. The SMILES string of the molecule is O=C(O)CCC(=O)N[C@@H](CC(=O)O)C(=O)N1CCC[C@H]1C(=O)O. The van der Waals surface area contributed by atoms with Crippen molar-refractivity contribution in [2.45, 2.75) is 44.2 Å². The van der Waals surface area contributed by atoms with Crippen LogP contribution in [0, 0.1) is 0 Å². The van der Waals surface area contributed by atoms with Crippen molar-refractivity contribution >= 4 is 29.7 Å². The van der Waals surface area contributed by atoms with E-state index in [2.05, 4.69) is 5.32 Å². The molecule has 0 aromatic heterocycles. The zero-order valence-electron chi connectivity index (χ0n) is 12.2. The van der Waals surface area contributed by atoms with Gasteiger partial charge in [0.05, 0.1) is 12.8 Å². The summed E-state index contributed by atoms with van der Waals surface area (Å²) in [4.78, 5) is 57.4. The molecule has 0 radical (unpaired) electrons. The van der Waals surface area contributed by atoms with Crippen LogP contribution in [0.15, 0.2) is 0 Å². The van der Waals surface area contributed by atoms with Crippen LogP contribution < -0.4 is 5.32 Å². The van der Waals surface area contributed by atoms with Gasteiger partial charge >= 0.3 is 17.9 Å². The molecule has 0 bridgehead atoms. The van der Waals surface area contributed by atoms with E-state index in [4.69, 9.17) is 15.3 Å². The van der Waals surface area contributed by atoms with Crippen molar-refractivity contribution in [3.05, 3.63) is 0 Å². The lowest BCUT2D eigenvalue weighted by atomic mass is 10.1. The van der Waals surface area contributed by atoms with Crippen LogP contribution in [0.5, 0.6) is 0 Å². The molecule has 10 nitrogen and oxygen atoms in total. The number of aliphatic carboxylic acids is 3. The molecule has 2 atom stereocenters. The summed E-state index contributed by atoms with van der Waals surface area (Å²) in [6.45, 7) is 0.164. The number of nitrogens with one attached hydrogen (secondary N) is 1. The number of hydrogen-bond acceptors (Lipinski definition) is 5. The van der Waals surface area contributed by atoms with E-state index in [1.54, 1.807) is 0 Å². The van der Waals surface area contributed by atoms with Crippen molar-refractivity contribution in [1.82, 2.24) is 10.2 Å². The largest absolute Gasteiger partial charge is 0.481 e. The molecule has 0 aromatic rings. The lowest BCUT2D eigenvalue weighted by Gasteiger charge is -2.26. The predicted molar refractivity (Wildman–Crippen MR) is 73.4 cm³/mol. The van der Waals surface area contributed by atoms with Gasteiger partial charge < -0.3 is 25.5 Å². The molecule has 0 aromatic carbocycles. The van der Waals surface area contributed by atoms with Crippen LogP contribution in [0.3, 0.4) is 0 Å². The molecule has 1 rings (SSSR count). The molecule has 2 amide bonds. The molecular weight excluding hydrogens is 312 g/mol. The number of amides is 2. The number of hydrogen-bond donors (Lipinski definition) is 4. The van der Waals surface area contributed by atoms with E-state index < -0.39 is 61.1 Å². The first-order chi connectivity index (χ1) is 10.7. The summed E-state index contributed by atoms with van der Waals surface area (Å²) in [7, 11) is 0. The predicted octanol–water partition coefficient (Wildman–Crippen LogP) is -1.11. The van der Waals surface area contributed by atoms with Crippen molar-refractivity contribution in [3.8, 4) is 0 Å². The van der Waals surface area contributed by atoms with Gasteiger partial charge in [-0.1, -0.05) is 0 Å². The summed E-state index contributed by atoms with van der Waals surface area (Å²) in [6.07, 6.45) is -0.841. The van der Waals surface area contributed by atoms with Gasteiger partial charge in [0.2, 0.25) is 11.8 Å². The molecule has 0 aliphatic carbocycles. The van der Waals surface area contributed by atoms with E-state index in [-0.39, 0.29) is 13.0 Å². The number of nitrogens with zero attached hydrogens (tertiary/aromatic N) is 1. The molecule has 0 spiro atoms. The van der Waals surface area contributed by atoms with Crippen molar-refractivity contribution < 1.29 is 39.3 Å². The van der Waals surface area contributed by atoms with Crippen molar-refractivity contribution in [1.29, 1.82) is 0 Å². The third-order valence-electron chi connectivity index (χ3n) is 3.40. The lowest BCUT2D eigenvalue weighted by Crippen LogP contribution is -2.52. The Hall–Kier alpha value is -2.65. The second-order valence-corrected chi connectivity index (χ2v) is 5.14. The van der Waals surface area contributed by atoms with Crippen LogP contribution in [-0.2, 0) is 24.0 Å². The standard InChI is InChI=1S/C13H18N2O8/c16-9(3-4-10(17)18)14-7(6-11(19)20)12(21)15-5-1-2-8(15)13(22)23/h7-8H,1-6H2,(H,14,16)(H,17,18)(H,19,20)(H,22,23)/t7-,8-/m0/s1. The average molecular weight is 330 g/mol. The van der Waals surface area contributed by atoms with Crippen LogP contribution in [0.25, 0.3) is 0 Å². The fraction of sp³-hybridized carbons (Fsp3) is 0.615. The maximum atomic E-state index is 12.3. The van der Waals surface area contributed by atoms with E-state index in [0.29, 0.717) is 6.42 Å². The normalized spacial score (nSPS) is 18.3. The zero-order valence-corrected chi connectivity index (χ0v) is 12.2. The highest BCUT2D eigenvalue weighted by molar-refractivity contribution is 5.93. The summed E-state index contributed by atoms with van der Waals surface area (Å²) in [5, 5.41) is 28.6. The van der Waals surface area contributed by atoms with Gasteiger partial charge in [-0.3, -0.25) is 19.2 Å². The maximum absolute atomic E-state index is 12.3. The Morgan fingerprint density at radius 3 is 2.22 bits per heavy atom. The average Bonchev–Trinajstić information content (AvgIpc) is 2.92. The van der Waals surface area contributed by atoms with Gasteiger partial charge in [0.25, 0.3) is 0 Å². The number of carboxylic acids is 3. The summed E-state index contributed by atoms with van der Waals surface area (Å²) in [6, 6.07) is -2.47. The van der Waals surface area contributed by atoms with E-state index in [1.165, 1.54) is 0 Å². The van der Waals surface area contributed by atoms with Gasteiger partial charge in [-0.05, 0) is 12.8 Å². The van der Waals surface area contributed by atoms with Crippen LogP contribution in [-0.4, -0.2) is 68.6 Å². The molecular formula is C13H18N2O8. The Labute approximate surface area is 131 Å². The molecule has 23 heavy (non-hydrogen) atoms. The van der Waals surface area contributed by atoms with Gasteiger partial charge in [-0.2, -0.15) is 0 Å². The van der Waals surface area contributed by atoms with Gasteiger partial charge in [0, 0.05) is 13.0 Å². The topological polar surface area (TPSA) is 161 Å². The molecule has 0 unspecified atom stereocenters. The van der Waals surface area contributed by atoms with Crippen molar-refractivity contribution in [2.24, 2.45) is 0 Å². The van der Waals surface area contributed by atoms with E-state index in [0.717, 1.165) is 4.90 Å². The molecule has 1 aliphatic rings. The highest BCUT2D eigenvalue weighted by Crippen LogP contribution is 2.19. The Morgan fingerprint density at radius 1 is 1.04 bits per heavy atom. The lowest BCUT2D eigenvalue weighted by molar-refractivity contribution is -0.150. The van der Waals surface area contributed by atoms with Crippen molar-refractivity contribution in [2.75, 3.05) is 6.54 Å². The van der Waals surface area contributed by atoms with Crippen LogP contribution in [0.4, 0.5) is 0 Å². The Kier molecular flexibility index (Phi) is 6.49. The number of carboxylic acid groups (broad SMARTS) is 3. The minimum absolute atomic E-state index is 0.164. The Morgan fingerprint density at radius 2 is 1.70 bits per heavy atom. The van der Waals surface area contributed by atoms with E-state index in [9.17, 15) is 24.0 Å². The molecule has 1 saturated heterocycles. The first-order valence-corrected chi connectivity index (χ1v) is 6.98. The number of carbonyl (C=O) groups excluding carboxylic acids is 2. The molecule has 4 N–H and O–H groups in total. The second kappa shape index (κ2) is 8.11. The molecule has 1 heterocycles. The summed E-state index contributed by atoms with van der Waals surface area (Å²) in [5.74, 6) is -5.30. The van der Waals surface area contributed by atoms with Gasteiger partial charge in [-0.15, -0.1) is 0 Å². The Bertz CT molecular complexity index is 518. The maximum Gasteiger partial charge on any atom is 0.326 e. The highest BCUT2D eigenvalue weighted by Gasteiger charge is 2.38. The first kappa shape index (κ1) is 18.4. The zero-order chi connectivity index (χ0) is 17.6. The first-order valence-electron chi connectivity index (χ1n) is 6.98. The van der Waals surface area contributed by atoms with E-state index in [1.807, 2.05) is 0 Å². The molecule has 1 fully saturated rings. The molecule has 10 heteroatoms. The quantitative estimate of drug-likeness (QED) is 0.435. The summed E-state index contributed by atoms with van der Waals surface area (Å²) < 4.78 is 0. The number of likely N-dealkylation sites (tertiary alicyclic amines) is 1. The molecule has 0 saturated carbocycles. The third kappa shape index (κ3) is 5.57. The van der Waals surface area contributed by atoms with Crippen LogP contribution in [0.1, 0.15) is 32.1 Å². The smallest absolute Gasteiger partial charge is 0.326 e. The fourth-order valence-corrected chi connectivity index (χ4v) is 2.35. The van der Waals surface area contributed by atoms with E-state index >= 15 is 0 Å². The monoisotopic (exact) mass is 330 g/mol. The van der Waals surface area contributed by atoms with Gasteiger partial charge in [0.1, 0.15) is 12.1 Å². The van der Waals surface area contributed by atoms with Crippen molar-refractivity contribution in [3.63, 3.8) is 0 Å². The minimum Gasteiger partial charge on any atom is -0.481 e.